The second-order valence-electron chi connectivity index (χ2n) is 2.54. The van der Waals surface area contributed by atoms with Crippen molar-refractivity contribution in [3.8, 4) is 0 Å². The first-order chi connectivity index (χ1) is 5.66. The number of halogens is 2. The van der Waals surface area contributed by atoms with E-state index in [1.54, 1.807) is 0 Å². The molecule has 0 bridgehead atoms. The van der Waals surface area contributed by atoms with E-state index in [0.717, 1.165) is 20.4 Å². The Morgan fingerprint density at radius 2 is 2.08 bits per heavy atom. The molecule has 3 heteroatoms. The van der Waals surface area contributed by atoms with Crippen LogP contribution in [-0.4, -0.2) is 11.7 Å². The molecule has 12 heavy (non-hydrogen) atoms. The van der Waals surface area contributed by atoms with Crippen molar-refractivity contribution >= 4 is 31.9 Å². The monoisotopic (exact) mass is 291 g/mol. The summed E-state index contributed by atoms with van der Waals surface area (Å²) in [4.78, 5) is 0. The first-order valence-corrected chi connectivity index (χ1v) is 5.13. The van der Waals surface area contributed by atoms with Crippen LogP contribution in [0.5, 0.6) is 0 Å². The molecule has 1 aromatic rings. The molecule has 0 unspecified atom stereocenters. The third-order valence-electron chi connectivity index (χ3n) is 1.65. The summed E-state index contributed by atoms with van der Waals surface area (Å²) in [6, 6.07) is 5.88. The topological polar surface area (TPSA) is 20.2 Å². The lowest BCUT2D eigenvalue weighted by Crippen LogP contribution is -2.00. The molecule has 0 aliphatic heterocycles. The highest BCUT2D eigenvalue weighted by Crippen LogP contribution is 2.30. The van der Waals surface area contributed by atoms with Gasteiger partial charge >= 0.3 is 0 Å². The maximum absolute atomic E-state index is 8.93. The molecule has 0 aliphatic carbocycles. The highest BCUT2D eigenvalue weighted by atomic mass is 79.9. The number of rotatable bonds is 2. The molecular formula is C9H9Br2O. The standard InChI is InChI=1S/C9H9Br2O/c1-6(5-12)7-3-2-4-8(10)9(7)11/h2-4,12H,5H2,1H3. The molecule has 0 atom stereocenters. The van der Waals surface area contributed by atoms with Crippen molar-refractivity contribution in [2.75, 3.05) is 6.61 Å². The Balaban J connectivity index is 3.07. The van der Waals surface area contributed by atoms with Gasteiger partial charge in [0.2, 0.25) is 0 Å². The first kappa shape index (κ1) is 10.2. The van der Waals surface area contributed by atoms with Crippen molar-refractivity contribution in [3.63, 3.8) is 0 Å². The van der Waals surface area contributed by atoms with Gasteiger partial charge in [-0.25, -0.2) is 0 Å². The van der Waals surface area contributed by atoms with Gasteiger partial charge in [-0.2, -0.15) is 0 Å². The highest BCUT2D eigenvalue weighted by Gasteiger charge is 2.09. The predicted molar refractivity (Wildman–Crippen MR) is 56.9 cm³/mol. The van der Waals surface area contributed by atoms with Crippen molar-refractivity contribution in [1.29, 1.82) is 0 Å². The molecule has 0 heterocycles. The Kier molecular flexibility index (Phi) is 3.75. The molecule has 1 aromatic carbocycles. The van der Waals surface area contributed by atoms with Crippen LogP contribution in [-0.2, 0) is 0 Å². The van der Waals surface area contributed by atoms with Crippen LogP contribution in [0.15, 0.2) is 27.1 Å². The van der Waals surface area contributed by atoms with Crippen molar-refractivity contribution in [3.05, 3.63) is 38.6 Å². The van der Waals surface area contributed by atoms with Crippen molar-refractivity contribution in [2.24, 2.45) is 0 Å². The Bertz CT molecular complexity index is 273. The Labute approximate surface area is 89.1 Å². The summed E-state index contributed by atoms with van der Waals surface area (Å²) < 4.78 is 2.00. The lowest BCUT2D eigenvalue weighted by atomic mass is 10.0. The molecular weight excluding hydrogens is 284 g/mol. The maximum Gasteiger partial charge on any atom is 0.0535 e. The predicted octanol–water partition coefficient (Wildman–Crippen LogP) is 3.15. The molecule has 1 radical (unpaired) electrons. The maximum atomic E-state index is 8.93. The summed E-state index contributed by atoms with van der Waals surface area (Å²) in [7, 11) is 0. The van der Waals surface area contributed by atoms with E-state index in [0.29, 0.717) is 0 Å². The fourth-order valence-electron chi connectivity index (χ4n) is 0.919. The Morgan fingerprint density at radius 3 is 2.67 bits per heavy atom. The number of benzene rings is 1. The molecule has 0 amide bonds. The minimum Gasteiger partial charge on any atom is -0.395 e. The summed E-state index contributed by atoms with van der Waals surface area (Å²) in [6.45, 7) is 2.00. The van der Waals surface area contributed by atoms with E-state index in [4.69, 9.17) is 5.11 Å². The van der Waals surface area contributed by atoms with Crippen LogP contribution >= 0.6 is 31.9 Å². The minimum absolute atomic E-state index is 0.0923. The number of hydrogen-bond acceptors (Lipinski definition) is 1. The molecule has 0 spiro atoms. The normalized spacial score (nSPS) is 10.8. The molecule has 0 fully saturated rings. The van der Waals surface area contributed by atoms with Crippen LogP contribution in [0.4, 0.5) is 0 Å². The third kappa shape index (κ3) is 2.09. The largest absolute Gasteiger partial charge is 0.395 e. The SMILES string of the molecule is C[C](CO)c1cccc(Br)c1Br. The van der Waals surface area contributed by atoms with Crippen LogP contribution in [0.1, 0.15) is 12.5 Å². The van der Waals surface area contributed by atoms with Crippen LogP contribution < -0.4 is 0 Å². The zero-order chi connectivity index (χ0) is 9.14. The summed E-state index contributed by atoms with van der Waals surface area (Å²) in [5.74, 6) is 0.961. The van der Waals surface area contributed by atoms with Gasteiger partial charge in [0.05, 0.1) is 6.61 Å². The third-order valence-corrected chi connectivity index (χ3v) is 3.70. The average molecular weight is 293 g/mol. The van der Waals surface area contributed by atoms with E-state index in [2.05, 4.69) is 31.9 Å². The van der Waals surface area contributed by atoms with Crippen LogP contribution in [0.25, 0.3) is 0 Å². The summed E-state index contributed by atoms with van der Waals surface area (Å²) in [5, 5.41) is 8.93. The van der Waals surface area contributed by atoms with E-state index < -0.39 is 0 Å². The second kappa shape index (κ2) is 4.40. The van der Waals surface area contributed by atoms with E-state index in [9.17, 15) is 0 Å². The van der Waals surface area contributed by atoms with Gasteiger partial charge in [-0.3, -0.25) is 0 Å². The van der Waals surface area contributed by atoms with Crippen molar-refractivity contribution in [2.45, 2.75) is 6.92 Å². The number of aliphatic hydroxyl groups excluding tert-OH is 1. The minimum atomic E-state index is 0.0923. The van der Waals surface area contributed by atoms with E-state index >= 15 is 0 Å². The molecule has 0 saturated heterocycles. The summed E-state index contributed by atoms with van der Waals surface area (Å²) in [5.41, 5.74) is 1.05. The van der Waals surface area contributed by atoms with Crippen LogP contribution in [0.2, 0.25) is 0 Å². The van der Waals surface area contributed by atoms with Crippen molar-refractivity contribution in [1.82, 2.24) is 0 Å². The fraction of sp³-hybridized carbons (Fsp3) is 0.222. The molecule has 0 saturated carbocycles. The Morgan fingerprint density at radius 1 is 1.42 bits per heavy atom. The van der Waals surface area contributed by atoms with Crippen LogP contribution in [0.3, 0.4) is 0 Å². The van der Waals surface area contributed by atoms with Gasteiger partial charge in [-0.05, 0) is 43.5 Å². The fourth-order valence-corrected chi connectivity index (χ4v) is 1.89. The Hall–Kier alpha value is 0.140. The zero-order valence-corrected chi connectivity index (χ0v) is 9.81. The van der Waals surface area contributed by atoms with E-state index in [1.165, 1.54) is 0 Å². The van der Waals surface area contributed by atoms with Gasteiger partial charge in [0.25, 0.3) is 0 Å². The zero-order valence-electron chi connectivity index (χ0n) is 6.64. The van der Waals surface area contributed by atoms with Crippen LogP contribution in [0, 0.1) is 5.92 Å². The molecule has 0 aromatic heterocycles. The van der Waals surface area contributed by atoms with Gasteiger partial charge < -0.3 is 5.11 Å². The number of hydrogen-bond donors (Lipinski definition) is 1. The lowest BCUT2D eigenvalue weighted by molar-refractivity contribution is 0.314. The number of aliphatic hydroxyl groups is 1. The molecule has 1 nitrogen and oxygen atoms in total. The highest BCUT2D eigenvalue weighted by molar-refractivity contribution is 9.13. The molecule has 0 aliphatic rings. The summed E-state index contributed by atoms with van der Waals surface area (Å²) >= 11 is 6.84. The quantitative estimate of drug-likeness (QED) is 0.888. The van der Waals surface area contributed by atoms with E-state index in [-0.39, 0.29) is 6.61 Å². The molecule has 1 N–H and O–H groups in total. The molecule has 1 rings (SSSR count). The van der Waals surface area contributed by atoms with Gasteiger partial charge in [0.1, 0.15) is 0 Å². The summed E-state index contributed by atoms with van der Waals surface area (Å²) in [6.07, 6.45) is 0. The van der Waals surface area contributed by atoms with E-state index in [1.807, 2.05) is 25.1 Å². The van der Waals surface area contributed by atoms with Gasteiger partial charge in [0, 0.05) is 14.9 Å². The molecule has 65 valence electrons. The smallest absolute Gasteiger partial charge is 0.0535 e. The second-order valence-corrected chi connectivity index (χ2v) is 4.19. The average Bonchev–Trinajstić information content (AvgIpc) is 2.08. The van der Waals surface area contributed by atoms with Gasteiger partial charge in [-0.15, -0.1) is 0 Å². The van der Waals surface area contributed by atoms with Gasteiger partial charge in [0.15, 0.2) is 0 Å². The first-order valence-electron chi connectivity index (χ1n) is 3.54. The van der Waals surface area contributed by atoms with Crippen molar-refractivity contribution < 1.29 is 5.11 Å². The van der Waals surface area contributed by atoms with Gasteiger partial charge in [-0.1, -0.05) is 19.1 Å². The lowest BCUT2D eigenvalue weighted by Gasteiger charge is -2.10.